The van der Waals surface area contributed by atoms with Crippen LogP contribution in [0.4, 0.5) is 0 Å². The van der Waals surface area contributed by atoms with Gasteiger partial charge in [0.15, 0.2) is 0 Å². The van der Waals surface area contributed by atoms with E-state index in [0.29, 0.717) is 5.75 Å². The van der Waals surface area contributed by atoms with E-state index in [4.69, 9.17) is 17.3 Å². The number of thiocarbonyl (C=S) groups is 1. The van der Waals surface area contributed by atoms with Crippen molar-refractivity contribution in [1.29, 1.82) is 0 Å². The van der Waals surface area contributed by atoms with E-state index in [-0.39, 0.29) is 5.37 Å². The highest BCUT2D eigenvalue weighted by Gasteiger charge is 2.29. The quantitative estimate of drug-likeness (QED) is 0.670. The van der Waals surface area contributed by atoms with Crippen LogP contribution in [0.1, 0.15) is 13.3 Å². The van der Waals surface area contributed by atoms with E-state index in [2.05, 4.69) is 5.32 Å². The molecule has 1 fully saturated rings. The SMILES string of the molecule is CC(=S)CC1NC(C(=O)O)CS1. The molecule has 0 aromatic rings. The van der Waals surface area contributed by atoms with Gasteiger partial charge in [-0.1, -0.05) is 12.2 Å². The van der Waals surface area contributed by atoms with Crippen LogP contribution in [0.2, 0.25) is 0 Å². The molecular formula is C7H11NO2S2. The average Bonchev–Trinajstić information content (AvgIpc) is 2.34. The van der Waals surface area contributed by atoms with Crippen LogP contribution in [0, 0.1) is 0 Å². The lowest BCUT2D eigenvalue weighted by Crippen LogP contribution is -2.36. The zero-order chi connectivity index (χ0) is 9.14. The molecular weight excluding hydrogens is 194 g/mol. The Morgan fingerprint density at radius 2 is 2.50 bits per heavy atom. The summed E-state index contributed by atoms with van der Waals surface area (Å²) in [6, 6.07) is -0.394. The fraction of sp³-hybridized carbons (Fsp3) is 0.714. The lowest BCUT2D eigenvalue weighted by molar-refractivity contribution is -0.138. The van der Waals surface area contributed by atoms with Gasteiger partial charge in [0.25, 0.3) is 0 Å². The van der Waals surface area contributed by atoms with Gasteiger partial charge in [-0.3, -0.25) is 10.1 Å². The summed E-state index contributed by atoms with van der Waals surface area (Å²) in [5, 5.41) is 11.9. The number of thioether (sulfide) groups is 1. The largest absolute Gasteiger partial charge is 0.480 e. The van der Waals surface area contributed by atoms with Crippen molar-refractivity contribution in [1.82, 2.24) is 5.32 Å². The molecule has 0 spiro atoms. The zero-order valence-electron chi connectivity index (χ0n) is 6.74. The van der Waals surface area contributed by atoms with Crippen molar-refractivity contribution in [3.63, 3.8) is 0 Å². The first-order chi connectivity index (χ1) is 5.59. The fourth-order valence-corrected chi connectivity index (χ4v) is 2.62. The van der Waals surface area contributed by atoms with Crippen LogP contribution in [-0.2, 0) is 4.79 Å². The molecule has 5 heteroatoms. The van der Waals surface area contributed by atoms with Gasteiger partial charge < -0.3 is 5.11 Å². The standard InChI is InChI=1S/C7H11NO2S2/c1-4(11)2-6-8-5(3-12-6)7(9)10/h5-6,8H,2-3H2,1H3,(H,9,10). The third-order valence-electron chi connectivity index (χ3n) is 1.62. The number of carboxylic acid groups (broad SMARTS) is 1. The molecule has 0 aliphatic carbocycles. The van der Waals surface area contributed by atoms with Crippen molar-refractivity contribution >= 4 is 34.8 Å². The Balaban J connectivity index is 2.35. The van der Waals surface area contributed by atoms with Crippen LogP contribution in [-0.4, -0.2) is 33.1 Å². The summed E-state index contributed by atoms with van der Waals surface area (Å²) in [6.45, 7) is 1.88. The molecule has 1 heterocycles. The van der Waals surface area contributed by atoms with Gasteiger partial charge in [0, 0.05) is 12.2 Å². The summed E-state index contributed by atoms with van der Waals surface area (Å²) >= 11 is 6.56. The van der Waals surface area contributed by atoms with E-state index in [1.807, 2.05) is 6.92 Å². The minimum Gasteiger partial charge on any atom is -0.480 e. The molecule has 3 nitrogen and oxygen atoms in total. The van der Waals surface area contributed by atoms with Crippen molar-refractivity contribution in [3.05, 3.63) is 0 Å². The van der Waals surface area contributed by atoms with Crippen LogP contribution in [0.15, 0.2) is 0 Å². The molecule has 0 bridgehead atoms. The maximum absolute atomic E-state index is 10.5. The Morgan fingerprint density at radius 1 is 1.83 bits per heavy atom. The zero-order valence-corrected chi connectivity index (χ0v) is 8.37. The summed E-state index contributed by atoms with van der Waals surface area (Å²) < 4.78 is 0. The molecule has 1 saturated heterocycles. The van der Waals surface area contributed by atoms with Gasteiger partial charge in [0.2, 0.25) is 0 Å². The first-order valence-corrected chi connectivity index (χ1v) is 5.15. The second-order valence-electron chi connectivity index (χ2n) is 2.79. The number of carboxylic acids is 1. The number of rotatable bonds is 3. The van der Waals surface area contributed by atoms with Gasteiger partial charge >= 0.3 is 5.97 Å². The monoisotopic (exact) mass is 205 g/mol. The molecule has 1 aliphatic heterocycles. The van der Waals surface area contributed by atoms with Crippen LogP contribution >= 0.6 is 24.0 Å². The van der Waals surface area contributed by atoms with E-state index in [1.54, 1.807) is 11.8 Å². The average molecular weight is 205 g/mol. The maximum Gasteiger partial charge on any atom is 0.321 e. The molecule has 12 heavy (non-hydrogen) atoms. The number of aliphatic carboxylic acids is 1. The van der Waals surface area contributed by atoms with Gasteiger partial charge in [-0.15, -0.1) is 11.8 Å². The van der Waals surface area contributed by atoms with Crippen LogP contribution < -0.4 is 5.32 Å². The Bertz CT molecular complexity index is 208. The van der Waals surface area contributed by atoms with E-state index < -0.39 is 12.0 Å². The first-order valence-electron chi connectivity index (χ1n) is 3.69. The summed E-state index contributed by atoms with van der Waals surface area (Å²) in [4.78, 5) is 11.4. The predicted octanol–water partition coefficient (Wildman–Crippen LogP) is 0.882. The summed E-state index contributed by atoms with van der Waals surface area (Å²) in [7, 11) is 0. The molecule has 0 radical (unpaired) electrons. The third kappa shape index (κ3) is 2.73. The highest BCUT2D eigenvalue weighted by molar-refractivity contribution is 8.00. The second kappa shape index (κ2) is 4.20. The topological polar surface area (TPSA) is 49.3 Å². The van der Waals surface area contributed by atoms with E-state index in [0.717, 1.165) is 11.3 Å². The molecule has 1 rings (SSSR count). The smallest absolute Gasteiger partial charge is 0.321 e. The lowest BCUT2D eigenvalue weighted by Gasteiger charge is -2.08. The Morgan fingerprint density at radius 3 is 2.92 bits per heavy atom. The van der Waals surface area contributed by atoms with Crippen molar-refractivity contribution in [2.24, 2.45) is 0 Å². The van der Waals surface area contributed by atoms with Crippen molar-refractivity contribution in [2.75, 3.05) is 5.75 Å². The Hall–Kier alpha value is -0.130. The fourth-order valence-electron chi connectivity index (χ4n) is 1.05. The number of hydrogen-bond acceptors (Lipinski definition) is 4. The normalized spacial score (nSPS) is 28.8. The molecule has 0 aromatic heterocycles. The molecule has 2 N–H and O–H groups in total. The van der Waals surface area contributed by atoms with Crippen LogP contribution in [0.25, 0.3) is 0 Å². The summed E-state index contributed by atoms with van der Waals surface area (Å²) in [5.74, 6) is -0.130. The van der Waals surface area contributed by atoms with Crippen LogP contribution in [0.5, 0.6) is 0 Å². The number of nitrogens with one attached hydrogen (secondary N) is 1. The maximum atomic E-state index is 10.5. The number of carbonyl (C=O) groups is 1. The van der Waals surface area contributed by atoms with Gasteiger partial charge in [-0.25, -0.2) is 0 Å². The van der Waals surface area contributed by atoms with Gasteiger partial charge in [-0.05, 0) is 11.8 Å². The lowest BCUT2D eigenvalue weighted by atomic mass is 10.3. The highest BCUT2D eigenvalue weighted by atomic mass is 32.2. The second-order valence-corrected chi connectivity index (χ2v) is 4.72. The Kier molecular flexibility index (Phi) is 3.49. The van der Waals surface area contributed by atoms with Crippen molar-refractivity contribution in [2.45, 2.75) is 24.8 Å². The molecule has 0 saturated carbocycles. The Labute approximate surface area is 80.9 Å². The van der Waals surface area contributed by atoms with Gasteiger partial charge in [-0.2, -0.15) is 0 Å². The minimum absolute atomic E-state index is 0.198. The summed E-state index contributed by atoms with van der Waals surface area (Å²) in [6.07, 6.45) is 0.782. The van der Waals surface area contributed by atoms with Crippen molar-refractivity contribution in [3.8, 4) is 0 Å². The van der Waals surface area contributed by atoms with E-state index in [9.17, 15) is 4.79 Å². The molecule has 2 unspecified atom stereocenters. The number of hydrogen-bond donors (Lipinski definition) is 2. The molecule has 1 aliphatic rings. The predicted molar refractivity (Wildman–Crippen MR) is 53.7 cm³/mol. The summed E-state index contributed by atoms with van der Waals surface area (Å²) in [5.41, 5.74) is 0. The van der Waals surface area contributed by atoms with E-state index in [1.165, 1.54) is 0 Å². The molecule has 2 atom stereocenters. The molecule has 0 amide bonds. The van der Waals surface area contributed by atoms with Gasteiger partial charge in [0.1, 0.15) is 6.04 Å². The first kappa shape index (κ1) is 9.95. The van der Waals surface area contributed by atoms with Crippen LogP contribution in [0.3, 0.4) is 0 Å². The third-order valence-corrected chi connectivity index (χ3v) is 3.02. The molecule has 68 valence electrons. The highest BCUT2D eigenvalue weighted by Crippen LogP contribution is 2.21. The molecule has 0 aromatic carbocycles. The minimum atomic E-state index is -0.771. The van der Waals surface area contributed by atoms with E-state index >= 15 is 0 Å². The van der Waals surface area contributed by atoms with Gasteiger partial charge in [0.05, 0.1) is 5.37 Å². The van der Waals surface area contributed by atoms with Crippen molar-refractivity contribution < 1.29 is 9.90 Å².